The molecule has 2 aromatic heterocycles. The van der Waals surface area contributed by atoms with E-state index in [-0.39, 0.29) is 5.82 Å². The Morgan fingerprint density at radius 1 is 1.19 bits per heavy atom. The molecule has 1 aromatic carbocycles. The van der Waals surface area contributed by atoms with Gasteiger partial charge in [0, 0.05) is 24.3 Å². The Morgan fingerprint density at radius 2 is 1.78 bits per heavy atom. The van der Waals surface area contributed by atoms with Gasteiger partial charge >= 0.3 is 17.9 Å². The lowest BCUT2D eigenvalue weighted by Crippen LogP contribution is -2.34. The molecule has 0 saturated carbocycles. The van der Waals surface area contributed by atoms with E-state index in [1.54, 1.807) is 18.3 Å². The maximum atomic E-state index is 12.7. The van der Waals surface area contributed by atoms with Crippen LogP contribution in [0.4, 0.5) is 13.2 Å². The van der Waals surface area contributed by atoms with Crippen LogP contribution in [0.5, 0.6) is 11.6 Å². The van der Waals surface area contributed by atoms with Gasteiger partial charge in [-0.05, 0) is 25.0 Å². The van der Waals surface area contributed by atoms with Gasteiger partial charge in [0.2, 0.25) is 5.82 Å². The van der Waals surface area contributed by atoms with E-state index in [9.17, 15) is 13.2 Å². The zero-order chi connectivity index (χ0) is 24.1. The van der Waals surface area contributed by atoms with Crippen molar-refractivity contribution in [2.45, 2.75) is 39.9 Å². The fourth-order valence-electron chi connectivity index (χ4n) is 2.68. The van der Waals surface area contributed by atoms with Crippen molar-refractivity contribution in [2.75, 3.05) is 6.26 Å². The average Bonchev–Trinajstić information content (AvgIpc) is 3.15. The van der Waals surface area contributed by atoms with Gasteiger partial charge in [0.15, 0.2) is 12.7 Å². The number of alkyl halides is 3. The highest BCUT2D eigenvalue weighted by Crippen LogP contribution is 2.31. The van der Waals surface area contributed by atoms with Crippen molar-refractivity contribution in [3.63, 3.8) is 0 Å². The Kier molecular flexibility index (Phi) is 7.97. The monoisotopic (exact) mass is 473 g/mol. The summed E-state index contributed by atoms with van der Waals surface area (Å²) in [6.07, 6.45) is -1.47. The van der Waals surface area contributed by atoms with Gasteiger partial charge in [0.05, 0.1) is 16.2 Å². The number of aromatic nitrogens is 3. The molecule has 0 bridgehead atoms. The van der Waals surface area contributed by atoms with Crippen molar-refractivity contribution in [3.8, 4) is 23.0 Å². The zero-order valence-electron chi connectivity index (χ0n) is 17.8. The molecule has 0 saturated heterocycles. The summed E-state index contributed by atoms with van der Waals surface area (Å²) in [5.41, 5.74) is 2.30. The first-order valence-electron chi connectivity index (χ1n) is 9.39. The maximum absolute atomic E-state index is 12.7. The lowest BCUT2D eigenvalue weighted by Gasteiger charge is -2.11. The first-order chi connectivity index (χ1) is 14.8. The third-order valence-corrected chi connectivity index (χ3v) is 4.00. The summed E-state index contributed by atoms with van der Waals surface area (Å²) in [4.78, 5) is 3.44. The minimum absolute atomic E-state index is 0.141. The molecule has 2 heterocycles. The topological polar surface area (TPSA) is 109 Å². The number of hydrogen-bond donors (Lipinski definition) is 0. The third kappa shape index (κ3) is 7.31. The van der Waals surface area contributed by atoms with Gasteiger partial charge in [0.1, 0.15) is 5.75 Å². The Balaban J connectivity index is 0.000000654. The Labute approximate surface area is 183 Å². The van der Waals surface area contributed by atoms with Crippen LogP contribution in [-0.2, 0) is 22.8 Å². The van der Waals surface area contributed by atoms with E-state index in [1.807, 2.05) is 43.5 Å². The van der Waals surface area contributed by atoms with Crippen LogP contribution in [0, 0.1) is 13.8 Å². The number of hydrogen-bond acceptors (Lipinski definition) is 7. The lowest BCUT2D eigenvalue weighted by atomic mass is 10.1. The molecule has 174 valence electrons. The molecule has 0 atom stereocenters. The molecule has 0 aliphatic carbocycles. The predicted octanol–water partition coefficient (Wildman–Crippen LogP) is 4.02. The van der Waals surface area contributed by atoms with Crippen molar-refractivity contribution in [1.29, 1.82) is 0 Å². The number of para-hydroxylation sites is 1. The third-order valence-electron chi connectivity index (χ3n) is 4.00. The van der Waals surface area contributed by atoms with Crippen LogP contribution in [0.2, 0.25) is 0 Å². The van der Waals surface area contributed by atoms with E-state index in [1.165, 1.54) is 0 Å². The highest BCUT2D eigenvalue weighted by atomic mass is 32.2. The Hall–Kier alpha value is -2.99. The van der Waals surface area contributed by atoms with Gasteiger partial charge in [-0.25, -0.2) is 8.42 Å². The van der Waals surface area contributed by atoms with Crippen LogP contribution in [0.1, 0.15) is 30.4 Å². The fraction of sp³-hybridized carbons (Fsp3) is 0.350. The van der Waals surface area contributed by atoms with E-state index < -0.39 is 22.2 Å². The van der Waals surface area contributed by atoms with Crippen LogP contribution in [-0.4, -0.2) is 29.4 Å². The van der Waals surface area contributed by atoms with Gasteiger partial charge in [0.25, 0.3) is 0 Å². The summed E-state index contributed by atoms with van der Waals surface area (Å²) in [6.45, 7) is 6.59. The van der Waals surface area contributed by atoms with E-state index in [0.717, 1.165) is 17.5 Å². The van der Waals surface area contributed by atoms with E-state index >= 15 is 0 Å². The molecule has 3 aromatic rings. The van der Waals surface area contributed by atoms with E-state index in [2.05, 4.69) is 14.7 Å². The van der Waals surface area contributed by atoms with Crippen LogP contribution in [0.15, 0.2) is 41.1 Å². The minimum Gasteiger partial charge on any atom is -0.748 e. The number of nitrogens with zero attached hydrogens (tertiary/aromatic N) is 3. The molecule has 3 rings (SSSR count). The van der Waals surface area contributed by atoms with Crippen molar-refractivity contribution in [1.82, 2.24) is 10.1 Å². The molecule has 0 spiro atoms. The van der Waals surface area contributed by atoms with Crippen molar-refractivity contribution in [2.24, 2.45) is 0 Å². The summed E-state index contributed by atoms with van der Waals surface area (Å²) >= 11 is 0. The molecule has 0 aliphatic rings. The number of pyridine rings is 1. The average molecular weight is 473 g/mol. The number of halogens is 3. The summed E-state index contributed by atoms with van der Waals surface area (Å²) in [5, 5.41) is 3.44. The summed E-state index contributed by atoms with van der Waals surface area (Å²) in [7, 11) is -3.92. The molecular weight excluding hydrogens is 451 g/mol. The zero-order valence-corrected chi connectivity index (χ0v) is 18.6. The maximum Gasteiger partial charge on any atom is 0.471 e. The molecule has 12 heteroatoms. The van der Waals surface area contributed by atoms with Crippen LogP contribution in [0.3, 0.4) is 0 Å². The van der Waals surface area contributed by atoms with E-state index in [4.69, 9.17) is 17.7 Å². The van der Waals surface area contributed by atoms with Gasteiger partial charge in [-0.3, -0.25) is 0 Å². The first-order valence-corrected chi connectivity index (χ1v) is 11.2. The summed E-state index contributed by atoms with van der Waals surface area (Å²) in [6, 6.07) is 9.06. The molecule has 32 heavy (non-hydrogen) atoms. The number of benzene rings is 1. The number of rotatable bonds is 5. The second kappa shape index (κ2) is 10.1. The highest BCUT2D eigenvalue weighted by molar-refractivity contribution is 7.84. The van der Waals surface area contributed by atoms with Crippen molar-refractivity contribution >= 4 is 10.1 Å². The number of ether oxygens (including phenoxy) is 1. The molecule has 0 unspecified atom stereocenters. The largest absolute Gasteiger partial charge is 0.748 e. The molecule has 0 aliphatic heterocycles. The first kappa shape index (κ1) is 25.3. The van der Waals surface area contributed by atoms with Gasteiger partial charge in [-0.15, -0.1) is 0 Å². The van der Waals surface area contributed by atoms with Gasteiger partial charge in [-0.1, -0.05) is 30.3 Å². The standard InChI is InChI=1S/C19H19F3N3O2.CH4O3S/c1-4-9-25-10-8-14(17-23-18(27-24-17)19(20,21)22)11-15(25)26-16-12(2)6-5-7-13(16)3;1-5(2,3)4/h5-8,10-11H,4,9H2,1-3H3;1H3,(H,2,3,4)/q+1;/p-1. The van der Waals surface area contributed by atoms with Crippen molar-refractivity contribution in [3.05, 3.63) is 53.5 Å². The highest BCUT2D eigenvalue weighted by Gasteiger charge is 2.38. The van der Waals surface area contributed by atoms with Crippen LogP contribution >= 0.6 is 0 Å². The Bertz CT molecular complexity index is 1150. The molecule has 0 fully saturated rings. The fourth-order valence-corrected chi connectivity index (χ4v) is 2.68. The predicted molar refractivity (Wildman–Crippen MR) is 107 cm³/mol. The molecule has 8 nitrogen and oxygen atoms in total. The molecular formula is C20H22F3N3O5S. The minimum atomic E-state index is -4.68. The summed E-state index contributed by atoms with van der Waals surface area (Å²) < 4.78 is 77.7. The SMILES string of the molecule is CCC[n+]1ccc(-c2noc(C(F)(F)F)n2)cc1Oc1c(C)cccc1C.CS(=O)(=O)[O-]. The van der Waals surface area contributed by atoms with Gasteiger partial charge in [-0.2, -0.15) is 22.7 Å². The second-order valence-corrected chi connectivity index (χ2v) is 8.30. The smallest absolute Gasteiger partial charge is 0.471 e. The summed E-state index contributed by atoms with van der Waals surface area (Å²) in [5.74, 6) is -0.314. The quantitative estimate of drug-likeness (QED) is 0.407. The lowest BCUT2D eigenvalue weighted by molar-refractivity contribution is -0.700. The molecule has 0 N–H and O–H groups in total. The van der Waals surface area contributed by atoms with Crippen LogP contribution < -0.4 is 9.30 Å². The van der Waals surface area contributed by atoms with Gasteiger partial charge < -0.3 is 13.8 Å². The normalized spacial score (nSPS) is 11.6. The van der Waals surface area contributed by atoms with E-state index in [0.29, 0.717) is 30.0 Å². The van der Waals surface area contributed by atoms with Crippen molar-refractivity contribution < 1.29 is 40.0 Å². The Morgan fingerprint density at radius 3 is 2.28 bits per heavy atom. The second-order valence-electron chi connectivity index (χ2n) is 6.90. The molecule has 0 amide bonds. The van der Waals surface area contributed by atoms with Crippen LogP contribution in [0.25, 0.3) is 11.4 Å². The molecule has 0 radical (unpaired) electrons. The number of aryl methyl sites for hydroxylation is 3.